The summed E-state index contributed by atoms with van der Waals surface area (Å²) in [6, 6.07) is 18.6. The van der Waals surface area contributed by atoms with Gasteiger partial charge in [0.15, 0.2) is 6.10 Å². The van der Waals surface area contributed by atoms with Crippen LogP contribution in [0.3, 0.4) is 0 Å². The Hall–Kier alpha value is -5.70. The van der Waals surface area contributed by atoms with E-state index in [-0.39, 0.29) is 17.9 Å². The van der Waals surface area contributed by atoms with Crippen LogP contribution in [0.2, 0.25) is 0 Å². The molecule has 1 saturated carbocycles. The summed E-state index contributed by atoms with van der Waals surface area (Å²) in [4.78, 5) is 68.2. The Morgan fingerprint density at radius 1 is 0.912 bits per heavy atom. The number of carbonyl (C=O) groups excluding carboxylic acids is 4. The first kappa shape index (κ1) is 46.1. The number of para-hydroxylation sites is 1. The first-order chi connectivity index (χ1) is 32.6. The Morgan fingerprint density at radius 3 is 2.40 bits per heavy atom. The average Bonchev–Trinajstić information content (AvgIpc) is 4.00. The summed E-state index contributed by atoms with van der Waals surface area (Å²) < 4.78 is 24.3. The molecule has 3 aromatic carbocycles. The summed E-state index contributed by atoms with van der Waals surface area (Å²) in [5.74, 6) is -1.74. The molecule has 2 bridgehead atoms. The molecule has 10 atom stereocenters. The zero-order chi connectivity index (χ0) is 48.1. The Labute approximate surface area is 398 Å². The minimum absolute atomic E-state index is 0.119. The molecule has 0 radical (unpaired) electrons. The van der Waals surface area contributed by atoms with Crippen LogP contribution in [0.25, 0.3) is 10.9 Å². The van der Waals surface area contributed by atoms with E-state index in [9.17, 15) is 19.5 Å². The topological polar surface area (TPSA) is 163 Å². The van der Waals surface area contributed by atoms with Gasteiger partial charge in [0, 0.05) is 96.5 Å². The molecule has 1 amide bonds. The second kappa shape index (κ2) is 16.5. The van der Waals surface area contributed by atoms with Gasteiger partial charge in [0.1, 0.15) is 11.2 Å². The third kappa shape index (κ3) is 6.31. The molecule has 14 nitrogen and oxygen atoms in total. The minimum Gasteiger partial charge on any atom is -0.496 e. The number of methoxy groups -OCH3 is 3. The fourth-order valence-corrected chi connectivity index (χ4v) is 14.8. The van der Waals surface area contributed by atoms with E-state index < -0.39 is 57.4 Å². The number of nitrogens with zero attached hydrogens (tertiary/aromatic N) is 3. The molecule has 3 N–H and O–H groups in total. The zero-order valence-electron chi connectivity index (χ0n) is 40.6. The summed E-state index contributed by atoms with van der Waals surface area (Å²) in [7, 11) is 6.18. The quantitative estimate of drug-likeness (QED) is 0.106. The van der Waals surface area contributed by atoms with Crippen molar-refractivity contribution in [2.24, 2.45) is 11.3 Å². The van der Waals surface area contributed by atoms with Gasteiger partial charge in [-0.05, 0) is 93.3 Å². The Balaban J connectivity index is 1.22. The first-order valence-electron chi connectivity index (χ1n) is 24.3. The van der Waals surface area contributed by atoms with Crippen LogP contribution in [0.5, 0.6) is 5.75 Å². The predicted molar refractivity (Wildman–Crippen MR) is 257 cm³/mol. The van der Waals surface area contributed by atoms with Crippen molar-refractivity contribution in [3.05, 3.63) is 106 Å². The number of aryl methyl sites for hydroxylation is 1. The number of esters is 3. The Morgan fingerprint density at radius 2 is 1.69 bits per heavy atom. The predicted octanol–water partition coefficient (Wildman–Crippen LogP) is 5.74. The number of aromatic amines is 1. The number of rotatable bonds is 9. The summed E-state index contributed by atoms with van der Waals surface area (Å²) >= 11 is 0. The molecule has 6 heterocycles. The normalized spacial score (nSPS) is 33.5. The number of hydrogen-bond acceptors (Lipinski definition) is 12. The SMILES string of the molecule is CC[C@]1(NC(=O)c2cccc(C)c2)C[C@H]2CN(CCc3c([nH]c4ccccc34)[C@@](C(=O)OC)(c3cc4c(cc3OC)N(C)[C@H]3[C@@](O)(C(=O)OC)[C@H](OC(C)=O)[C@]5(CC)C=CCN6CC[C@]43[C@@H]65)C2)C1. The van der Waals surface area contributed by atoms with Crippen molar-refractivity contribution >= 4 is 40.4 Å². The van der Waals surface area contributed by atoms with Crippen molar-refractivity contribution in [1.82, 2.24) is 20.1 Å². The van der Waals surface area contributed by atoms with Crippen molar-refractivity contribution in [3.8, 4) is 5.75 Å². The van der Waals surface area contributed by atoms with Crippen molar-refractivity contribution in [3.63, 3.8) is 0 Å². The largest absolute Gasteiger partial charge is 0.496 e. The summed E-state index contributed by atoms with van der Waals surface area (Å²) in [5, 5.41) is 18.0. The van der Waals surface area contributed by atoms with Crippen molar-refractivity contribution in [1.29, 1.82) is 0 Å². The van der Waals surface area contributed by atoms with Crippen LogP contribution in [-0.2, 0) is 45.8 Å². The van der Waals surface area contributed by atoms with Gasteiger partial charge < -0.3 is 44.2 Å². The third-order valence-corrected chi connectivity index (χ3v) is 17.3. The van der Waals surface area contributed by atoms with Crippen molar-refractivity contribution in [2.75, 3.05) is 66.0 Å². The maximum absolute atomic E-state index is 15.7. The lowest BCUT2D eigenvalue weighted by Gasteiger charge is -2.63. The highest BCUT2D eigenvalue weighted by molar-refractivity contribution is 5.96. The van der Waals surface area contributed by atoms with E-state index in [1.54, 1.807) is 7.11 Å². The number of aromatic nitrogens is 1. The molecule has 3 fully saturated rings. The number of anilines is 1. The molecule has 1 unspecified atom stereocenters. The molecule has 360 valence electrons. The fraction of sp³-hybridized carbons (Fsp3) is 0.519. The van der Waals surface area contributed by atoms with Crippen LogP contribution in [0.15, 0.2) is 72.8 Å². The van der Waals surface area contributed by atoms with Crippen LogP contribution < -0.4 is 15.0 Å². The summed E-state index contributed by atoms with van der Waals surface area (Å²) in [6.07, 6.45) is 6.05. The molecule has 2 saturated heterocycles. The molecule has 14 heteroatoms. The average molecular weight is 928 g/mol. The van der Waals surface area contributed by atoms with Gasteiger partial charge in [-0.15, -0.1) is 0 Å². The van der Waals surface area contributed by atoms with Gasteiger partial charge in [-0.1, -0.05) is 61.9 Å². The van der Waals surface area contributed by atoms with Crippen LogP contribution in [0.1, 0.15) is 91.2 Å². The lowest BCUT2D eigenvalue weighted by molar-refractivity contribution is -0.228. The molecular formula is C54H65N5O9. The maximum atomic E-state index is 15.7. The van der Waals surface area contributed by atoms with Gasteiger partial charge in [-0.25, -0.2) is 4.79 Å². The number of hydrogen-bond donors (Lipinski definition) is 3. The number of likely N-dealkylation sites (N-methyl/N-ethyl adjacent to an activating group) is 1. The lowest BCUT2D eigenvalue weighted by Crippen LogP contribution is -2.81. The molecule has 1 aromatic heterocycles. The van der Waals surface area contributed by atoms with Gasteiger partial charge in [-0.3, -0.25) is 19.3 Å². The number of aliphatic hydroxyl groups is 1. The molecule has 4 aromatic rings. The smallest absolute Gasteiger partial charge is 0.344 e. The Kier molecular flexibility index (Phi) is 11.2. The van der Waals surface area contributed by atoms with E-state index in [1.165, 1.54) is 21.1 Å². The monoisotopic (exact) mass is 927 g/mol. The molecule has 6 aliphatic rings. The number of piperidine rings is 1. The van der Waals surface area contributed by atoms with E-state index in [4.69, 9.17) is 18.9 Å². The van der Waals surface area contributed by atoms with Crippen LogP contribution >= 0.6 is 0 Å². The highest BCUT2D eigenvalue weighted by atomic mass is 16.6. The van der Waals surface area contributed by atoms with Crippen LogP contribution in [-0.4, -0.2) is 134 Å². The summed E-state index contributed by atoms with van der Waals surface area (Å²) in [6.45, 7) is 10.8. The molecule has 68 heavy (non-hydrogen) atoms. The number of nitrogens with one attached hydrogen (secondary N) is 2. The molecular weight excluding hydrogens is 863 g/mol. The summed E-state index contributed by atoms with van der Waals surface area (Å²) in [5.41, 5.74) is 0.119. The maximum Gasteiger partial charge on any atom is 0.344 e. The standard InChI is InChI=1S/C54H65N5O9/c1-9-50(56-44(61)35-16-13-15-32(3)25-35)28-34-29-53(48(62)66-7,43-37(19-23-58(30-34)31-50)36-17-11-12-18-40(36)55-43)39-26-38-41(27-42(39)65-6)57(5)46-52(38)21-24-59-22-14-20-51(10-2,45(52)59)47(68-33(4)60)54(46,64)49(63)67-8/h11-18,20,25-27,34,45-47,55,64H,9-10,19,21-24,28-31H2,1-8H3,(H,56,61)/t34-,45+,46-,47-,50+,51-,52-,53+,54+/m1/s1. The number of carbonyl (C=O) groups is 4. The van der Waals surface area contributed by atoms with Gasteiger partial charge in [-0.2, -0.15) is 0 Å². The van der Waals surface area contributed by atoms with E-state index in [2.05, 4.69) is 51.3 Å². The number of H-pyrrole nitrogens is 1. The van der Waals surface area contributed by atoms with E-state index in [1.807, 2.05) is 74.3 Å². The van der Waals surface area contributed by atoms with Gasteiger partial charge in [0.05, 0.1) is 32.9 Å². The van der Waals surface area contributed by atoms with E-state index in [0.717, 1.165) is 39.0 Å². The van der Waals surface area contributed by atoms with E-state index >= 15 is 4.79 Å². The van der Waals surface area contributed by atoms with Crippen LogP contribution in [0, 0.1) is 18.3 Å². The molecule has 10 rings (SSSR count). The number of fused-ring (bicyclic) bond motifs is 6. The number of amides is 1. The second-order valence-electron chi connectivity index (χ2n) is 20.6. The molecule has 5 aliphatic heterocycles. The first-order valence-corrected chi connectivity index (χ1v) is 24.3. The van der Waals surface area contributed by atoms with Gasteiger partial charge >= 0.3 is 17.9 Å². The number of benzene rings is 3. The molecule has 1 spiro atoms. The lowest BCUT2D eigenvalue weighted by atomic mass is 9.47. The minimum atomic E-state index is -2.33. The van der Waals surface area contributed by atoms with Gasteiger partial charge in [0.25, 0.3) is 5.91 Å². The van der Waals surface area contributed by atoms with Crippen molar-refractivity contribution < 1.29 is 43.2 Å². The Bertz CT molecular complexity index is 2750. The van der Waals surface area contributed by atoms with E-state index in [0.29, 0.717) is 88.1 Å². The van der Waals surface area contributed by atoms with Gasteiger partial charge in [0.2, 0.25) is 5.60 Å². The molecule has 1 aliphatic carbocycles. The highest BCUT2D eigenvalue weighted by Gasteiger charge is 2.80. The second-order valence-corrected chi connectivity index (χ2v) is 20.6. The highest BCUT2D eigenvalue weighted by Crippen LogP contribution is 2.68. The zero-order valence-corrected chi connectivity index (χ0v) is 40.6. The number of ether oxygens (including phenoxy) is 4. The fourth-order valence-electron chi connectivity index (χ4n) is 14.8. The van der Waals surface area contributed by atoms with Crippen molar-refractivity contribution in [2.45, 2.75) is 106 Å². The third-order valence-electron chi connectivity index (χ3n) is 17.3. The van der Waals surface area contributed by atoms with Crippen LogP contribution in [0.4, 0.5) is 5.69 Å².